The number of hydrogen-bond donors (Lipinski definition) is 0. The summed E-state index contributed by atoms with van der Waals surface area (Å²) in [5.74, 6) is 0. The summed E-state index contributed by atoms with van der Waals surface area (Å²) in [5, 5.41) is 8.92. The van der Waals surface area contributed by atoms with E-state index in [2.05, 4.69) is 59.4 Å². The highest BCUT2D eigenvalue weighted by Gasteiger charge is 2.02. The summed E-state index contributed by atoms with van der Waals surface area (Å²) in [6.45, 7) is 7.05. The molecule has 0 aliphatic heterocycles. The zero-order valence-corrected chi connectivity index (χ0v) is 17.3. The van der Waals surface area contributed by atoms with Gasteiger partial charge in [0, 0.05) is 0 Å². The summed E-state index contributed by atoms with van der Waals surface area (Å²) in [4.78, 5) is 3.44. The van der Waals surface area contributed by atoms with Crippen molar-refractivity contribution in [3.05, 3.63) is 125 Å². The third kappa shape index (κ3) is 5.08. The summed E-state index contributed by atoms with van der Waals surface area (Å²) in [6, 6.07) is 35.0. The quantitative estimate of drug-likeness (QED) is 0.307. The third-order valence-electron chi connectivity index (χ3n) is 5.52. The molecule has 4 aromatic carbocycles. The van der Waals surface area contributed by atoms with Gasteiger partial charge in [-0.05, 0) is 64.8 Å². The maximum Gasteiger partial charge on any atom is 0.187 e. The van der Waals surface area contributed by atoms with Crippen molar-refractivity contribution in [1.29, 1.82) is 5.26 Å². The Balaban J connectivity index is 1.31. The predicted octanol–water partition coefficient (Wildman–Crippen LogP) is 7.62. The number of hydrogen-bond acceptors (Lipinski definition) is 1. The maximum atomic E-state index is 8.92. The first kappa shape index (κ1) is 20.1. The van der Waals surface area contributed by atoms with Gasteiger partial charge in [0.2, 0.25) is 0 Å². The van der Waals surface area contributed by atoms with E-state index in [4.69, 9.17) is 11.8 Å². The Morgan fingerprint density at radius 3 is 1.35 bits per heavy atom. The van der Waals surface area contributed by atoms with Crippen LogP contribution in [0.2, 0.25) is 0 Å². The van der Waals surface area contributed by atoms with Crippen LogP contribution in [0.15, 0.2) is 97.1 Å². The standard InChI is InChI=1S/C29H22N2/c1-31-29-19-17-28(18-20-29)26-13-7-23(8-14-26)4-2-3-22-5-11-25(12-6-22)27-15-9-24(21-30)10-16-27/h5-20H,2-4H2. The van der Waals surface area contributed by atoms with Crippen molar-refractivity contribution in [2.45, 2.75) is 19.3 Å². The van der Waals surface area contributed by atoms with E-state index < -0.39 is 0 Å². The largest absolute Gasteiger partial charge is 0.238 e. The van der Waals surface area contributed by atoms with Crippen LogP contribution in [0.5, 0.6) is 0 Å². The monoisotopic (exact) mass is 398 g/mol. The van der Waals surface area contributed by atoms with E-state index >= 15 is 0 Å². The topological polar surface area (TPSA) is 28.1 Å². The Kier molecular flexibility index (Phi) is 6.22. The molecule has 4 rings (SSSR count). The van der Waals surface area contributed by atoms with Crippen LogP contribution in [-0.2, 0) is 12.8 Å². The number of benzene rings is 4. The molecular formula is C29H22N2. The van der Waals surface area contributed by atoms with E-state index in [1.54, 1.807) is 0 Å². The van der Waals surface area contributed by atoms with Crippen molar-refractivity contribution in [2.24, 2.45) is 0 Å². The molecule has 0 saturated heterocycles. The number of nitriles is 1. The highest BCUT2D eigenvalue weighted by Crippen LogP contribution is 2.24. The second kappa shape index (κ2) is 9.57. The van der Waals surface area contributed by atoms with Crippen LogP contribution in [0, 0.1) is 17.9 Å². The third-order valence-corrected chi connectivity index (χ3v) is 5.52. The minimum atomic E-state index is 0.672. The van der Waals surface area contributed by atoms with Gasteiger partial charge < -0.3 is 0 Å². The van der Waals surface area contributed by atoms with Crippen molar-refractivity contribution in [2.75, 3.05) is 0 Å². The molecule has 0 N–H and O–H groups in total. The van der Waals surface area contributed by atoms with Crippen molar-refractivity contribution in [3.8, 4) is 28.3 Å². The molecule has 0 aliphatic carbocycles. The van der Waals surface area contributed by atoms with E-state index in [9.17, 15) is 0 Å². The van der Waals surface area contributed by atoms with Crippen molar-refractivity contribution in [1.82, 2.24) is 0 Å². The second-order valence-electron chi connectivity index (χ2n) is 7.60. The molecular weight excluding hydrogens is 376 g/mol. The molecule has 0 spiro atoms. The minimum Gasteiger partial charge on any atom is -0.238 e. The van der Waals surface area contributed by atoms with E-state index in [-0.39, 0.29) is 0 Å². The Hall–Kier alpha value is -4.14. The van der Waals surface area contributed by atoms with Gasteiger partial charge in [-0.2, -0.15) is 5.26 Å². The van der Waals surface area contributed by atoms with E-state index in [0.717, 1.165) is 30.4 Å². The Bertz CT molecular complexity index is 1120. The molecule has 0 aromatic heterocycles. The van der Waals surface area contributed by atoms with Gasteiger partial charge in [-0.3, -0.25) is 0 Å². The zero-order chi connectivity index (χ0) is 21.5. The Labute approximate surface area is 183 Å². The van der Waals surface area contributed by atoms with Crippen LogP contribution in [0.4, 0.5) is 5.69 Å². The van der Waals surface area contributed by atoms with Gasteiger partial charge in [-0.15, -0.1) is 0 Å². The average molecular weight is 399 g/mol. The summed E-state index contributed by atoms with van der Waals surface area (Å²) in [6.07, 6.45) is 3.21. The first-order chi connectivity index (χ1) is 15.2. The lowest BCUT2D eigenvalue weighted by molar-refractivity contribution is 0.821. The molecule has 0 heterocycles. The summed E-state index contributed by atoms with van der Waals surface area (Å²) >= 11 is 0. The fraction of sp³-hybridized carbons (Fsp3) is 0.103. The van der Waals surface area contributed by atoms with Gasteiger partial charge in [0.05, 0.1) is 18.2 Å². The lowest BCUT2D eigenvalue weighted by Gasteiger charge is -2.07. The molecule has 0 bridgehead atoms. The molecule has 2 nitrogen and oxygen atoms in total. The molecule has 31 heavy (non-hydrogen) atoms. The van der Waals surface area contributed by atoms with E-state index in [1.807, 2.05) is 48.5 Å². The predicted molar refractivity (Wildman–Crippen MR) is 127 cm³/mol. The summed E-state index contributed by atoms with van der Waals surface area (Å²) in [5.41, 5.74) is 8.67. The SMILES string of the molecule is [C-]#[N+]c1ccc(-c2ccc(CCCc3ccc(-c4ccc(C#N)cc4)cc3)cc2)cc1. The first-order valence-electron chi connectivity index (χ1n) is 10.4. The van der Waals surface area contributed by atoms with Crippen LogP contribution >= 0.6 is 0 Å². The molecule has 4 aromatic rings. The van der Waals surface area contributed by atoms with Crippen LogP contribution in [-0.4, -0.2) is 0 Å². The fourth-order valence-corrected chi connectivity index (χ4v) is 3.69. The average Bonchev–Trinajstić information content (AvgIpc) is 2.85. The van der Waals surface area contributed by atoms with Gasteiger partial charge in [0.15, 0.2) is 5.69 Å². The highest BCUT2D eigenvalue weighted by atomic mass is 14.6. The Morgan fingerprint density at radius 2 is 0.968 bits per heavy atom. The molecule has 0 atom stereocenters. The van der Waals surface area contributed by atoms with Crippen molar-refractivity contribution in [3.63, 3.8) is 0 Å². The molecule has 0 unspecified atom stereocenters. The van der Waals surface area contributed by atoms with Crippen LogP contribution < -0.4 is 0 Å². The van der Waals surface area contributed by atoms with Crippen molar-refractivity contribution >= 4 is 5.69 Å². The van der Waals surface area contributed by atoms with Gasteiger partial charge in [0.25, 0.3) is 0 Å². The number of aryl methyl sites for hydroxylation is 2. The van der Waals surface area contributed by atoms with Crippen LogP contribution in [0.1, 0.15) is 23.1 Å². The van der Waals surface area contributed by atoms with Crippen LogP contribution in [0.3, 0.4) is 0 Å². The molecule has 0 fully saturated rings. The molecule has 0 radical (unpaired) electrons. The molecule has 0 saturated carbocycles. The summed E-state index contributed by atoms with van der Waals surface area (Å²) < 4.78 is 0. The van der Waals surface area contributed by atoms with Gasteiger partial charge >= 0.3 is 0 Å². The first-order valence-corrected chi connectivity index (χ1v) is 10.4. The smallest absolute Gasteiger partial charge is 0.187 e. The van der Waals surface area contributed by atoms with Gasteiger partial charge in [0.1, 0.15) is 0 Å². The van der Waals surface area contributed by atoms with Crippen molar-refractivity contribution < 1.29 is 0 Å². The Morgan fingerprint density at radius 1 is 0.581 bits per heavy atom. The number of nitrogens with zero attached hydrogens (tertiary/aromatic N) is 2. The second-order valence-corrected chi connectivity index (χ2v) is 7.60. The number of rotatable bonds is 6. The normalized spacial score (nSPS) is 10.3. The van der Waals surface area contributed by atoms with Crippen LogP contribution in [0.25, 0.3) is 27.1 Å². The summed E-state index contributed by atoms with van der Waals surface area (Å²) in [7, 11) is 0. The van der Waals surface area contributed by atoms with Gasteiger partial charge in [-0.1, -0.05) is 84.9 Å². The van der Waals surface area contributed by atoms with Gasteiger partial charge in [-0.25, -0.2) is 4.85 Å². The molecule has 148 valence electrons. The van der Waals surface area contributed by atoms with E-state index in [0.29, 0.717) is 11.3 Å². The lowest BCUT2D eigenvalue weighted by atomic mass is 9.98. The fourth-order valence-electron chi connectivity index (χ4n) is 3.69. The minimum absolute atomic E-state index is 0.672. The zero-order valence-electron chi connectivity index (χ0n) is 17.3. The molecule has 0 aliphatic rings. The molecule has 0 amide bonds. The lowest BCUT2D eigenvalue weighted by Crippen LogP contribution is -1.91. The molecule has 2 heteroatoms. The van der Waals surface area contributed by atoms with E-state index in [1.165, 1.54) is 22.3 Å². The maximum absolute atomic E-state index is 8.92. The highest BCUT2D eigenvalue weighted by molar-refractivity contribution is 5.66.